The number of rotatable bonds is 4. The van der Waals surface area contributed by atoms with Gasteiger partial charge in [0, 0.05) is 0 Å². The molecule has 20 heavy (non-hydrogen) atoms. The van der Waals surface area contributed by atoms with Gasteiger partial charge in [-0.15, -0.1) is 11.3 Å². The van der Waals surface area contributed by atoms with Gasteiger partial charge in [-0.05, 0) is 45.1 Å². The fourth-order valence-electron chi connectivity index (χ4n) is 1.45. The first kappa shape index (κ1) is 14.5. The van der Waals surface area contributed by atoms with E-state index < -0.39 is 0 Å². The summed E-state index contributed by atoms with van der Waals surface area (Å²) in [6.45, 7) is 0. The zero-order valence-corrected chi connectivity index (χ0v) is 12.9. The first-order chi connectivity index (χ1) is 9.61. The summed E-state index contributed by atoms with van der Waals surface area (Å²) >= 11 is 4.55. The Bertz CT molecular complexity index is 641. The van der Waals surface area contributed by atoms with Crippen LogP contribution in [-0.4, -0.2) is 24.3 Å². The van der Waals surface area contributed by atoms with Gasteiger partial charge < -0.3 is 9.84 Å². The topological polar surface area (TPSA) is 70.9 Å². The largest absolute Gasteiger partial charge is 0.503 e. The van der Waals surface area contributed by atoms with Gasteiger partial charge in [-0.3, -0.25) is 4.79 Å². The molecule has 0 fully saturated rings. The van der Waals surface area contributed by atoms with E-state index in [0.717, 1.165) is 0 Å². The molecule has 2 N–H and O–H groups in total. The van der Waals surface area contributed by atoms with E-state index >= 15 is 0 Å². The summed E-state index contributed by atoms with van der Waals surface area (Å²) in [5, 5.41) is 15.4. The second kappa shape index (κ2) is 6.53. The number of hydrazone groups is 1. The molecule has 0 aliphatic rings. The Labute approximate surface area is 128 Å². The van der Waals surface area contributed by atoms with Crippen molar-refractivity contribution in [3.8, 4) is 11.5 Å². The molecule has 0 spiro atoms. The Morgan fingerprint density at radius 3 is 3.00 bits per heavy atom. The summed E-state index contributed by atoms with van der Waals surface area (Å²) in [5.74, 6) is 0.0822. The van der Waals surface area contributed by atoms with Crippen molar-refractivity contribution < 1.29 is 14.6 Å². The van der Waals surface area contributed by atoms with Gasteiger partial charge in [0.05, 0.1) is 22.7 Å². The SMILES string of the molecule is COc1cc(/C=N/NC(=O)c2cccs2)cc(Br)c1O. The number of halogens is 1. The first-order valence-corrected chi connectivity index (χ1v) is 7.22. The van der Waals surface area contributed by atoms with Gasteiger partial charge in [-0.2, -0.15) is 5.10 Å². The predicted octanol–water partition coefficient (Wildman–Crippen LogP) is 2.99. The Balaban J connectivity index is 2.08. The lowest BCUT2D eigenvalue weighted by molar-refractivity contribution is 0.0959. The van der Waals surface area contributed by atoms with Crippen molar-refractivity contribution in [3.05, 3.63) is 44.6 Å². The molecule has 0 aliphatic heterocycles. The second-order valence-electron chi connectivity index (χ2n) is 3.73. The highest BCUT2D eigenvalue weighted by molar-refractivity contribution is 9.10. The highest BCUT2D eigenvalue weighted by Crippen LogP contribution is 2.34. The third kappa shape index (κ3) is 3.37. The minimum absolute atomic E-state index is 0.0206. The number of phenols is 1. The number of ether oxygens (including phenoxy) is 1. The summed E-state index contributed by atoms with van der Waals surface area (Å²) in [5.41, 5.74) is 3.11. The lowest BCUT2D eigenvalue weighted by atomic mass is 10.2. The van der Waals surface area contributed by atoms with E-state index in [0.29, 0.717) is 20.7 Å². The quantitative estimate of drug-likeness (QED) is 0.654. The summed E-state index contributed by atoms with van der Waals surface area (Å²) < 4.78 is 5.51. The van der Waals surface area contributed by atoms with Gasteiger partial charge in [0.25, 0.3) is 5.91 Å². The molecule has 2 rings (SSSR count). The molecule has 0 saturated carbocycles. The highest BCUT2D eigenvalue weighted by atomic mass is 79.9. The van der Waals surface area contributed by atoms with Crippen LogP contribution in [0.25, 0.3) is 0 Å². The van der Waals surface area contributed by atoms with E-state index in [4.69, 9.17) is 4.74 Å². The number of nitrogens with one attached hydrogen (secondary N) is 1. The number of phenolic OH excluding ortho intramolecular Hbond substituents is 1. The third-order valence-corrected chi connectivity index (χ3v) is 3.87. The maximum atomic E-state index is 11.7. The number of carbonyl (C=O) groups is 1. The Morgan fingerprint density at radius 1 is 1.55 bits per heavy atom. The fourth-order valence-corrected chi connectivity index (χ4v) is 2.53. The van der Waals surface area contributed by atoms with Gasteiger partial charge in [0.2, 0.25) is 0 Å². The highest BCUT2D eigenvalue weighted by Gasteiger charge is 2.08. The summed E-state index contributed by atoms with van der Waals surface area (Å²) in [6, 6.07) is 6.79. The molecule has 5 nitrogen and oxygen atoms in total. The van der Waals surface area contributed by atoms with Crippen LogP contribution in [0.3, 0.4) is 0 Å². The average Bonchev–Trinajstić information content (AvgIpc) is 2.96. The number of amides is 1. The van der Waals surface area contributed by atoms with Crippen molar-refractivity contribution in [1.82, 2.24) is 5.43 Å². The molecule has 0 unspecified atom stereocenters. The monoisotopic (exact) mass is 354 g/mol. The zero-order valence-electron chi connectivity index (χ0n) is 10.5. The molecule has 0 atom stereocenters. The van der Waals surface area contributed by atoms with E-state index in [-0.39, 0.29) is 11.7 Å². The van der Waals surface area contributed by atoms with Crippen molar-refractivity contribution in [3.63, 3.8) is 0 Å². The van der Waals surface area contributed by atoms with Crippen LogP contribution in [0.5, 0.6) is 11.5 Å². The number of thiophene rings is 1. The fraction of sp³-hybridized carbons (Fsp3) is 0.0769. The molecular weight excluding hydrogens is 344 g/mol. The zero-order chi connectivity index (χ0) is 14.5. The van der Waals surface area contributed by atoms with E-state index in [9.17, 15) is 9.90 Å². The van der Waals surface area contributed by atoms with Crippen LogP contribution in [0.4, 0.5) is 0 Å². The van der Waals surface area contributed by atoms with Crippen LogP contribution in [0, 0.1) is 0 Å². The van der Waals surface area contributed by atoms with E-state index in [2.05, 4.69) is 26.5 Å². The van der Waals surface area contributed by atoms with Gasteiger partial charge in [0.15, 0.2) is 11.5 Å². The van der Waals surface area contributed by atoms with Crippen LogP contribution in [0.1, 0.15) is 15.2 Å². The van der Waals surface area contributed by atoms with Gasteiger partial charge >= 0.3 is 0 Å². The number of methoxy groups -OCH3 is 1. The Morgan fingerprint density at radius 2 is 2.35 bits per heavy atom. The standard InChI is InChI=1S/C13H11BrN2O3S/c1-19-10-6-8(5-9(14)12(10)17)7-15-16-13(18)11-3-2-4-20-11/h2-7,17H,1H3,(H,16,18)/b15-7+. The molecule has 2 aromatic rings. The lowest BCUT2D eigenvalue weighted by Gasteiger charge is -2.06. The van der Waals surface area contributed by atoms with Crippen molar-refractivity contribution in [2.24, 2.45) is 5.10 Å². The van der Waals surface area contributed by atoms with Gasteiger partial charge in [-0.25, -0.2) is 5.43 Å². The summed E-state index contributed by atoms with van der Waals surface area (Å²) in [6.07, 6.45) is 1.47. The molecule has 0 aliphatic carbocycles. The number of carbonyl (C=O) groups excluding carboxylic acids is 1. The molecule has 1 aromatic heterocycles. The molecule has 0 radical (unpaired) electrons. The Hall–Kier alpha value is -1.86. The molecule has 1 heterocycles. The third-order valence-electron chi connectivity index (χ3n) is 2.40. The van der Waals surface area contributed by atoms with Crippen molar-refractivity contribution in [1.29, 1.82) is 0 Å². The van der Waals surface area contributed by atoms with Gasteiger partial charge in [0.1, 0.15) is 0 Å². The van der Waals surface area contributed by atoms with E-state index in [1.807, 2.05) is 5.38 Å². The van der Waals surface area contributed by atoms with Crippen LogP contribution >= 0.6 is 27.3 Å². The van der Waals surface area contributed by atoms with Crippen LogP contribution in [0.15, 0.2) is 39.2 Å². The van der Waals surface area contributed by atoms with Crippen LogP contribution in [-0.2, 0) is 0 Å². The molecule has 0 bridgehead atoms. The minimum Gasteiger partial charge on any atom is -0.503 e. The molecular formula is C13H11BrN2O3S. The second-order valence-corrected chi connectivity index (χ2v) is 5.53. The van der Waals surface area contributed by atoms with Crippen molar-refractivity contribution in [2.45, 2.75) is 0 Å². The maximum absolute atomic E-state index is 11.7. The summed E-state index contributed by atoms with van der Waals surface area (Å²) in [7, 11) is 1.46. The number of hydrogen-bond donors (Lipinski definition) is 2. The maximum Gasteiger partial charge on any atom is 0.281 e. The molecule has 104 valence electrons. The van der Waals surface area contributed by atoms with Crippen molar-refractivity contribution >= 4 is 39.4 Å². The molecule has 0 saturated heterocycles. The molecule has 1 aromatic carbocycles. The smallest absolute Gasteiger partial charge is 0.281 e. The van der Waals surface area contributed by atoms with E-state index in [1.54, 1.807) is 24.3 Å². The minimum atomic E-state index is -0.263. The van der Waals surface area contributed by atoms with Crippen LogP contribution < -0.4 is 10.2 Å². The molecule has 7 heteroatoms. The molecule has 1 amide bonds. The number of hydrogen-bond acceptors (Lipinski definition) is 5. The normalized spacial score (nSPS) is 10.7. The number of benzene rings is 1. The predicted molar refractivity (Wildman–Crippen MR) is 81.7 cm³/mol. The first-order valence-electron chi connectivity index (χ1n) is 5.55. The van der Waals surface area contributed by atoms with E-state index in [1.165, 1.54) is 24.7 Å². The summed E-state index contributed by atoms with van der Waals surface area (Å²) in [4.78, 5) is 12.2. The number of aromatic hydroxyl groups is 1. The van der Waals surface area contributed by atoms with Crippen molar-refractivity contribution in [2.75, 3.05) is 7.11 Å². The Kier molecular flexibility index (Phi) is 4.75. The average molecular weight is 355 g/mol. The lowest BCUT2D eigenvalue weighted by Crippen LogP contribution is -2.16. The van der Waals surface area contributed by atoms with Gasteiger partial charge in [-0.1, -0.05) is 6.07 Å². The number of nitrogens with zero attached hydrogens (tertiary/aromatic N) is 1. The van der Waals surface area contributed by atoms with Crippen LogP contribution in [0.2, 0.25) is 0 Å².